The van der Waals surface area contributed by atoms with Crippen LogP contribution in [0.15, 0.2) is 0 Å². The summed E-state index contributed by atoms with van der Waals surface area (Å²) in [6.45, 7) is 4.61. The van der Waals surface area contributed by atoms with E-state index in [-0.39, 0.29) is 18.3 Å². The third-order valence-electron chi connectivity index (χ3n) is 5.23. The van der Waals surface area contributed by atoms with Gasteiger partial charge in [0.2, 0.25) is 0 Å². The molecule has 1 saturated heterocycles. The van der Waals surface area contributed by atoms with E-state index in [1.165, 1.54) is 89.9 Å². The molecule has 1 rings (SSSR count). The monoisotopic (exact) mass is 312 g/mol. The highest BCUT2D eigenvalue weighted by atomic mass is 16.6. The van der Waals surface area contributed by atoms with Crippen molar-refractivity contribution in [1.29, 1.82) is 0 Å². The van der Waals surface area contributed by atoms with E-state index < -0.39 is 0 Å². The van der Waals surface area contributed by atoms with E-state index in [1.54, 1.807) is 0 Å². The molecule has 0 bridgehead atoms. The van der Waals surface area contributed by atoms with Gasteiger partial charge in [0.05, 0.1) is 12.2 Å². The number of aliphatic hydroxyl groups excluding tert-OH is 1. The van der Waals surface area contributed by atoms with Crippen LogP contribution in [-0.4, -0.2) is 23.4 Å². The number of ether oxygens (including phenoxy) is 1. The van der Waals surface area contributed by atoms with E-state index in [9.17, 15) is 0 Å². The smallest absolute Gasteiger partial charge is 0.110 e. The zero-order chi connectivity index (χ0) is 16.1. The Hall–Kier alpha value is -0.0800. The molecular weight excluding hydrogens is 272 g/mol. The van der Waals surface area contributed by atoms with Crippen LogP contribution >= 0.6 is 0 Å². The summed E-state index contributed by atoms with van der Waals surface area (Å²) in [6.07, 6.45) is 20.9. The number of epoxide rings is 1. The molecule has 0 amide bonds. The van der Waals surface area contributed by atoms with Crippen molar-refractivity contribution >= 4 is 0 Å². The van der Waals surface area contributed by atoms with Crippen LogP contribution < -0.4 is 0 Å². The molecular formula is C20H40O2. The molecule has 2 heteroatoms. The Morgan fingerprint density at radius 2 is 1.14 bits per heavy atom. The average Bonchev–Trinajstić information content (AvgIpc) is 3.18. The average molecular weight is 313 g/mol. The van der Waals surface area contributed by atoms with Gasteiger partial charge in [0, 0.05) is 0 Å². The summed E-state index contributed by atoms with van der Waals surface area (Å²) in [4.78, 5) is 0. The van der Waals surface area contributed by atoms with Crippen LogP contribution in [0.5, 0.6) is 0 Å². The highest BCUT2D eigenvalue weighted by Crippen LogP contribution is 2.40. The van der Waals surface area contributed by atoms with Gasteiger partial charge >= 0.3 is 0 Å². The van der Waals surface area contributed by atoms with Gasteiger partial charge in [0.15, 0.2) is 0 Å². The Labute approximate surface area is 139 Å². The fourth-order valence-corrected chi connectivity index (χ4v) is 3.41. The minimum atomic E-state index is 0.00583. The minimum Gasteiger partial charge on any atom is -0.394 e. The molecule has 1 aliphatic heterocycles. The first-order valence-electron chi connectivity index (χ1n) is 10.0. The molecule has 1 heterocycles. The molecule has 0 radical (unpaired) electrons. The number of unbranched alkanes of at least 4 members (excludes halogenated alkanes) is 13. The molecule has 0 unspecified atom stereocenters. The highest BCUT2D eigenvalue weighted by molar-refractivity contribution is 4.98. The SMILES string of the molecule is CCCCCCCCCCCCCCCC[C@@]1(C)O[C@@H]1CO. The number of aliphatic hydroxyl groups is 1. The van der Waals surface area contributed by atoms with Gasteiger partial charge in [-0.05, 0) is 13.3 Å². The van der Waals surface area contributed by atoms with Gasteiger partial charge in [-0.15, -0.1) is 0 Å². The molecule has 2 atom stereocenters. The molecule has 0 aromatic carbocycles. The van der Waals surface area contributed by atoms with Crippen molar-refractivity contribution in [2.24, 2.45) is 0 Å². The molecule has 1 fully saturated rings. The first-order valence-corrected chi connectivity index (χ1v) is 10.0. The van der Waals surface area contributed by atoms with Crippen molar-refractivity contribution in [2.75, 3.05) is 6.61 Å². The zero-order valence-corrected chi connectivity index (χ0v) is 15.2. The maximum atomic E-state index is 9.03. The third kappa shape index (κ3) is 9.15. The summed E-state index contributed by atoms with van der Waals surface area (Å²) >= 11 is 0. The van der Waals surface area contributed by atoms with E-state index >= 15 is 0 Å². The van der Waals surface area contributed by atoms with Gasteiger partial charge < -0.3 is 9.84 Å². The molecule has 1 aliphatic rings. The predicted octanol–water partition coefficient (Wildman–Crippen LogP) is 6.01. The Morgan fingerprint density at radius 1 is 0.727 bits per heavy atom. The highest BCUT2D eigenvalue weighted by Gasteiger charge is 2.50. The maximum absolute atomic E-state index is 9.03. The molecule has 1 N–H and O–H groups in total. The first kappa shape index (κ1) is 20.0. The lowest BCUT2D eigenvalue weighted by atomic mass is 9.98. The fraction of sp³-hybridized carbons (Fsp3) is 1.00. The number of hydrogen-bond acceptors (Lipinski definition) is 2. The molecule has 132 valence electrons. The van der Waals surface area contributed by atoms with Crippen molar-refractivity contribution < 1.29 is 9.84 Å². The minimum absolute atomic E-state index is 0.00583. The van der Waals surface area contributed by atoms with Crippen LogP contribution in [0.4, 0.5) is 0 Å². The Kier molecular flexibility index (Phi) is 11.2. The number of hydrogen-bond donors (Lipinski definition) is 1. The van der Waals surface area contributed by atoms with Crippen LogP contribution in [0.3, 0.4) is 0 Å². The van der Waals surface area contributed by atoms with Gasteiger partial charge in [-0.3, -0.25) is 0 Å². The van der Waals surface area contributed by atoms with Crippen LogP contribution in [0.2, 0.25) is 0 Å². The van der Waals surface area contributed by atoms with Crippen molar-refractivity contribution in [3.05, 3.63) is 0 Å². The van der Waals surface area contributed by atoms with Gasteiger partial charge in [0.25, 0.3) is 0 Å². The van der Waals surface area contributed by atoms with Gasteiger partial charge in [-0.1, -0.05) is 96.8 Å². The van der Waals surface area contributed by atoms with Crippen molar-refractivity contribution in [3.8, 4) is 0 Å². The second-order valence-corrected chi connectivity index (χ2v) is 7.45. The summed E-state index contributed by atoms with van der Waals surface area (Å²) in [5.41, 5.74) is 0.00583. The Morgan fingerprint density at radius 3 is 1.50 bits per heavy atom. The Balaban J connectivity index is 1.70. The predicted molar refractivity (Wildman–Crippen MR) is 95.3 cm³/mol. The van der Waals surface area contributed by atoms with E-state index in [0.29, 0.717) is 0 Å². The summed E-state index contributed by atoms with van der Waals surface area (Å²) in [6, 6.07) is 0. The first-order chi connectivity index (χ1) is 10.7. The third-order valence-corrected chi connectivity index (χ3v) is 5.23. The zero-order valence-electron chi connectivity index (χ0n) is 15.2. The topological polar surface area (TPSA) is 32.8 Å². The van der Waals surface area contributed by atoms with Gasteiger partial charge in [0.1, 0.15) is 6.10 Å². The molecule has 0 saturated carbocycles. The van der Waals surface area contributed by atoms with Gasteiger partial charge in [-0.2, -0.15) is 0 Å². The van der Waals surface area contributed by atoms with E-state index in [4.69, 9.17) is 9.84 Å². The van der Waals surface area contributed by atoms with E-state index in [0.717, 1.165) is 6.42 Å². The molecule has 0 aromatic heterocycles. The Bertz CT molecular complexity index is 254. The van der Waals surface area contributed by atoms with Crippen LogP contribution in [-0.2, 0) is 4.74 Å². The summed E-state index contributed by atoms with van der Waals surface area (Å²) in [5.74, 6) is 0. The lowest BCUT2D eigenvalue weighted by Crippen LogP contribution is -2.12. The molecule has 0 aromatic rings. The fourth-order valence-electron chi connectivity index (χ4n) is 3.41. The van der Waals surface area contributed by atoms with Crippen molar-refractivity contribution in [3.63, 3.8) is 0 Å². The standard InChI is InChI=1S/C20H40O2/c1-3-4-5-6-7-8-9-10-11-12-13-14-15-16-17-20(2)19(18-21)22-20/h19,21H,3-18H2,1-2H3/t19-,20-/m1/s1. The second-order valence-electron chi connectivity index (χ2n) is 7.45. The number of rotatable bonds is 16. The van der Waals surface area contributed by atoms with E-state index in [2.05, 4.69) is 13.8 Å². The van der Waals surface area contributed by atoms with Crippen molar-refractivity contribution in [1.82, 2.24) is 0 Å². The maximum Gasteiger partial charge on any atom is 0.110 e. The lowest BCUT2D eigenvalue weighted by Gasteiger charge is -2.06. The molecule has 0 aliphatic carbocycles. The summed E-state index contributed by atoms with van der Waals surface area (Å²) < 4.78 is 5.52. The van der Waals surface area contributed by atoms with Crippen LogP contribution in [0, 0.1) is 0 Å². The van der Waals surface area contributed by atoms with Crippen LogP contribution in [0.25, 0.3) is 0 Å². The quantitative estimate of drug-likeness (QED) is 0.280. The molecule has 22 heavy (non-hydrogen) atoms. The molecule has 0 spiro atoms. The largest absolute Gasteiger partial charge is 0.394 e. The van der Waals surface area contributed by atoms with Crippen LogP contribution in [0.1, 0.15) is 110 Å². The van der Waals surface area contributed by atoms with Crippen molar-refractivity contribution in [2.45, 2.75) is 122 Å². The summed E-state index contributed by atoms with van der Waals surface area (Å²) in [5, 5.41) is 9.03. The lowest BCUT2D eigenvalue weighted by molar-refractivity contribution is 0.234. The summed E-state index contributed by atoms with van der Waals surface area (Å²) in [7, 11) is 0. The normalized spacial score (nSPS) is 23.9. The molecule has 2 nitrogen and oxygen atoms in total. The van der Waals surface area contributed by atoms with E-state index in [1.807, 2.05) is 0 Å². The van der Waals surface area contributed by atoms with Gasteiger partial charge in [-0.25, -0.2) is 0 Å². The second kappa shape index (κ2) is 12.4.